The van der Waals surface area contributed by atoms with Crippen LogP contribution in [-0.2, 0) is 19.6 Å². The van der Waals surface area contributed by atoms with Crippen molar-refractivity contribution < 1.29 is 22.7 Å². The molecule has 0 unspecified atom stereocenters. The molecule has 2 amide bonds. The number of guanidine groups is 1. The average Bonchev–Trinajstić information content (AvgIpc) is 3.65. The predicted octanol–water partition coefficient (Wildman–Crippen LogP) is 3.27. The monoisotopic (exact) mass is 672 g/mol. The number of nitrogens with one attached hydrogen (secondary N) is 3. The molecule has 2 atom stereocenters. The first-order chi connectivity index (χ1) is 20.0. The van der Waals surface area contributed by atoms with Gasteiger partial charge < -0.3 is 25.3 Å². The van der Waals surface area contributed by atoms with Crippen LogP contribution in [0.25, 0.3) is 11.3 Å². The molecule has 0 aliphatic carbocycles. The Bertz CT molecular complexity index is 1410. The fraction of sp³-hybridized carbons (Fsp3) is 0.571. The van der Waals surface area contributed by atoms with Crippen LogP contribution in [0.3, 0.4) is 0 Å². The zero-order valence-electron chi connectivity index (χ0n) is 24.9. The summed E-state index contributed by atoms with van der Waals surface area (Å²) in [6, 6.07) is 7.10. The van der Waals surface area contributed by atoms with Crippen molar-refractivity contribution in [2.75, 3.05) is 51.4 Å². The van der Waals surface area contributed by atoms with E-state index >= 15 is 0 Å². The molecule has 44 heavy (non-hydrogen) atoms. The van der Waals surface area contributed by atoms with Crippen molar-refractivity contribution in [2.45, 2.75) is 38.1 Å². The van der Waals surface area contributed by atoms with E-state index in [1.807, 2.05) is 17.0 Å². The number of anilines is 1. The fourth-order valence-corrected chi connectivity index (χ4v) is 7.42. The van der Waals surface area contributed by atoms with Gasteiger partial charge in [0.2, 0.25) is 15.9 Å². The number of piperidine rings is 2. The minimum Gasteiger partial charge on any atom is -0.453 e. The molecule has 16 heteroatoms. The maximum Gasteiger partial charge on any atom is 0.411 e. The number of nitrogens with two attached hydrogens (primary N) is 1. The highest BCUT2D eigenvalue weighted by Crippen LogP contribution is 2.43. The number of carbonyl (C=O) groups is 2. The number of likely N-dealkylation sites (tertiary alicyclic amines) is 2. The normalized spacial score (nSPS) is 21.7. The molecular weight excluding hydrogens is 631 g/mol. The number of imidazole rings is 1. The maximum absolute atomic E-state index is 13.9. The van der Waals surface area contributed by atoms with Crippen molar-refractivity contribution in [2.24, 2.45) is 23.5 Å². The van der Waals surface area contributed by atoms with E-state index in [-0.39, 0.29) is 54.6 Å². The third-order valence-corrected chi connectivity index (χ3v) is 10.3. The lowest BCUT2D eigenvalue weighted by molar-refractivity contribution is -0.138. The van der Waals surface area contributed by atoms with Gasteiger partial charge in [0.05, 0.1) is 31.3 Å². The van der Waals surface area contributed by atoms with Crippen molar-refractivity contribution in [3.05, 3.63) is 36.3 Å². The van der Waals surface area contributed by atoms with E-state index in [1.54, 1.807) is 27.5 Å². The summed E-state index contributed by atoms with van der Waals surface area (Å²) in [6.45, 7) is 2.80. The maximum atomic E-state index is 13.9. The van der Waals surface area contributed by atoms with Crippen LogP contribution in [-0.4, -0.2) is 96.5 Å². The number of rotatable bonds is 6. The molecule has 5 rings (SSSR count). The number of ether oxygens (including phenoxy) is 1. The smallest absolute Gasteiger partial charge is 0.411 e. The van der Waals surface area contributed by atoms with Crippen LogP contribution < -0.4 is 11.1 Å². The van der Waals surface area contributed by atoms with E-state index in [9.17, 15) is 18.0 Å². The molecule has 0 saturated carbocycles. The first kappa shape index (κ1) is 35.4. The van der Waals surface area contributed by atoms with Crippen LogP contribution in [0.4, 0.5) is 10.5 Å². The van der Waals surface area contributed by atoms with E-state index in [0.29, 0.717) is 57.2 Å². The van der Waals surface area contributed by atoms with Gasteiger partial charge in [0.15, 0.2) is 5.96 Å². The summed E-state index contributed by atoms with van der Waals surface area (Å²) in [5, 5.41) is 10.4. The predicted molar refractivity (Wildman–Crippen MR) is 172 cm³/mol. The summed E-state index contributed by atoms with van der Waals surface area (Å²) in [4.78, 5) is 37.4. The number of carbonyl (C=O) groups excluding carboxylic acids is 2. The van der Waals surface area contributed by atoms with E-state index < -0.39 is 16.1 Å². The molecule has 5 N–H and O–H groups in total. The van der Waals surface area contributed by atoms with Crippen LogP contribution in [0.1, 0.15) is 44.0 Å². The van der Waals surface area contributed by atoms with Crippen molar-refractivity contribution in [3.63, 3.8) is 0 Å². The topological polar surface area (TPSA) is 178 Å². The van der Waals surface area contributed by atoms with E-state index in [1.165, 1.54) is 13.4 Å². The second-order valence-electron chi connectivity index (χ2n) is 11.5. The number of H-pyrrole nitrogens is 1. The second-order valence-corrected chi connectivity index (χ2v) is 13.5. The standard InChI is InChI=1S/C28H40N8O5S.2ClH/c1-41-28(38)32-22-5-3-19(4-6-22)23-16-31-25(33-23)24-15-21(18-9-13-35(14-10-18)42(2,39)40)17-36(24)26(37)20-7-11-34(12-8-20)27(29)30;;/h3-6,16,18,20-21,24H,7-15,17H2,1-2H3,(H3,29,30)(H,31,33)(H,32,38);2*1H/t21-,24-;;/m0../s1. The van der Waals surface area contributed by atoms with E-state index in [2.05, 4.69) is 15.0 Å². The quantitative estimate of drug-likeness (QED) is 0.267. The second kappa shape index (κ2) is 14.8. The van der Waals surface area contributed by atoms with Crippen molar-refractivity contribution in [1.29, 1.82) is 5.41 Å². The number of amides is 2. The first-order valence-corrected chi connectivity index (χ1v) is 16.2. The summed E-state index contributed by atoms with van der Waals surface area (Å²) in [5.41, 5.74) is 7.98. The van der Waals surface area contributed by atoms with E-state index in [4.69, 9.17) is 16.1 Å². The van der Waals surface area contributed by atoms with Crippen LogP contribution in [0, 0.1) is 23.2 Å². The largest absolute Gasteiger partial charge is 0.453 e. The minimum atomic E-state index is -3.21. The van der Waals surface area contributed by atoms with Gasteiger partial charge in [0.1, 0.15) is 5.82 Å². The van der Waals surface area contributed by atoms with Crippen molar-refractivity contribution in [3.8, 4) is 11.3 Å². The Morgan fingerprint density at radius 2 is 1.68 bits per heavy atom. The first-order valence-electron chi connectivity index (χ1n) is 14.4. The molecule has 3 fully saturated rings. The number of hydrogen-bond donors (Lipinski definition) is 4. The van der Waals surface area contributed by atoms with Crippen LogP contribution in [0.2, 0.25) is 0 Å². The Labute approximate surface area is 270 Å². The van der Waals surface area contributed by atoms with Crippen molar-refractivity contribution in [1.82, 2.24) is 24.1 Å². The molecule has 3 aliphatic rings. The lowest BCUT2D eigenvalue weighted by atomic mass is 9.83. The zero-order valence-corrected chi connectivity index (χ0v) is 27.3. The Balaban J connectivity index is 0.00000264. The number of aromatic nitrogens is 2. The minimum absolute atomic E-state index is 0. The Kier molecular flexibility index (Phi) is 11.9. The third-order valence-electron chi connectivity index (χ3n) is 8.97. The van der Waals surface area contributed by atoms with Gasteiger partial charge in [0, 0.05) is 44.3 Å². The average molecular weight is 674 g/mol. The summed E-state index contributed by atoms with van der Waals surface area (Å²) >= 11 is 0. The summed E-state index contributed by atoms with van der Waals surface area (Å²) in [5.74, 6) is 1.31. The lowest BCUT2D eigenvalue weighted by Gasteiger charge is -2.35. The molecule has 1 aromatic carbocycles. The van der Waals surface area contributed by atoms with Gasteiger partial charge in [-0.25, -0.2) is 22.5 Å². The van der Waals surface area contributed by atoms with Gasteiger partial charge in [-0.1, -0.05) is 12.1 Å². The summed E-state index contributed by atoms with van der Waals surface area (Å²) < 4.78 is 30.3. The number of sulfonamides is 1. The molecule has 3 aliphatic heterocycles. The Morgan fingerprint density at radius 1 is 1.05 bits per heavy atom. The number of hydrogen-bond acceptors (Lipinski definition) is 7. The van der Waals surface area contributed by atoms with Crippen LogP contribution in [0.15, 0.2) is 30.5 Å². The fourth-order valence-electron chi connectivity index (χ4n) is 6.55. The lowest BCUT2D eigenvalue weighted by Crippen LogP contribution is -2.46. The SMILES string of the molecule is COC(=O)Nc1ccc(-c2cnc([C@@H]3C[C@H](C4CCN(S(C)(=O)=O)CC4)CN3C(=O)C3CCN(C(=N)N)CC3)[nH]2)cc1.Cl.Cl. The number of benzene rings is 1. The van der Waals surface area contributed by atoms with Gasteiger partial charge in [0.25, 0.3) is 0 Å². The van der Waals surface area contributed by atoms with Crippen molar-refractivity contribution >= 4 is 58.5 Å². The molecule has 13 nitrogen and oxygen atoms in total. The molecule has 2 aromatic rings. The van der Waals surface area contributed by atoms with Gasteiger partial charge in [-0.3, -0.25) is 15.5 Å². The van der Waals surface area contributed by atoms with E-state index in [0.717, 1.165) is 36.3 Å². The number of methoxy groups -OCH3 is 1. The zero-order chi connectivity index (χ0) is 30.0. The molecule has 0 radical (unpaired) electrons. The molecule has 1 aromatic heterocycles. The van der Waals surface area contributed by atoms with Gasteiger partial charge in [-0.15, -0.1) is 24.8 Å². The summed E-state index contributed by atoms with van der Waals surface area (Å²) in [6.07, 6.45) is 6.09. The number of nitrogens with zero attached hydrogens (tertiary/aromatic N) is 4. The molecule has 0 spiro atoms. The Hall–Kier alpha value is -3.07. The molecule has 244 valence electrons. The number of aromatic amines is 1. The molecule has 3 saturated heterocycles. The van der Waals surface area contributed by atoms with Gasteiger partial charge >= 0.3 is 6.09 Å². The molecule has 0 bridgehead atoms. The number of halogens is 2. The molecule has 4 heterocycles. The summed E-state index contributed by atoms with van der Waals surface area (Å²) in [7, 11) is -1.90. The van der Waals surface area contributed by atoms with Gasteiger partial charge in [-0.05, 0) is 61.6 Å². The highest BCUT2D eigenvalue weighted by molar-refractivity contribution is 7.88. The van der Waals surface area contributed by atoms with Crippen LogP contribution >= 0.6 is 24.8 Å². The highest BCUT2D eigenvalue weighted by atomic mass is 35.5. The Morgan fingerprint density at radius 3 is 2.25 bits per heavy atom. The highest BCUT2D eigenvalue weighted by Gasteiger charge is 2.44. The van der Waals surface area contributed by atoms with Gasteiger partial charge in [-0.2, -0.15) is 0 Å². The third kappa shape index (κ3) is 7.95. The van der Waals surface area contributed by atoms with Crippen LogP contribution in [0.5, 0.6) is 0 Å². The molecular formula is C28H42Cl2N8O5S.